The van der Waals surface area contributed by atoms with Crippen LogP contribution in [-0.4, -0.2) is 6.54 Å². The molecule has 0 saturated heterocycles. The quantitative estimate of drug-likeness (QED) is 0.806. The molecule has 2 nitrogen and oxygen atoms in total. The summed E-state index contributed by atoms with van der Waals surface area (Å²) in [6, 6.07) is 5.87. The van der Waals surface area contributed by atoms with Crippen molar-refractivity contribution >= 4 is 24.8 Å². The molecule has 0 bridgehead atoms. The third-order valence-corrected chi connectivity index (χ3v) is 1.55. The van der Waals surface area contributed by atoms with Crippen molar-refractivity contribution in [3.63, 3.8) is 0 Å². The van der Waals surface area contributed by atoms with E-state index in [0.717, 1.165) is 5.56 Å². The van der Waals surface area contributed by atoms with E-state index < -0.39 is 0 Å². The lowest BCUT2D eigenvalue weighted by Crippen LogP contribution is -2.20. The van der Waals surface area contributed by atoms with E-state index in [2.05, 4.69) is 0 Å². The van der Waals surface area contributed by atoms with E-state index in [-0.39, 0.29) is 36.7 Å². The second-order valence-electron chi connectivity index (χ2n) is 2.39. The standard InChI is InChI=1S/C8H11FN2.2ClH/c9-7-3-1-6(2-4-7)8(11)5-10;;/h1-4,8H,5,10-11H2;2*1H. The van der Waals surface area contributed by atoms with Crippen LogP contribution in [-0.2, 0) is 0 Å². The van der Waals surface area contributed by atoms with E-state index >= 15 is 0 Å². The van der Waals surface area contributed by atoms with Gasteiger partial charge in [-0.15, -0.1) is 24.8 Å². The molecule has 1 aromatic carbocycles. The summed E-state index contributed by atoms with van der Waals surface area (Å²) < 4.78 is 12.4. The van der Waals surface area contributed by atoms with Gasteiger partial charge in [0.25, 0.3) is 0 Å². The van der Waals surface area contributed by atoms with Crippen LogP contribution in [0.2, 0.25) is 0 Å². The zero-order valence-corrected chi connectivity index (χ0v) is 8.58. The minimum absolute atomic E-state index is 0. The van der Waals surface area contributed by atoms with Crippen LogP contribution in [0.25, 0.3) is 0 Å². The van der Waals surface area contributed by atoms with Gasteiger partial charge in [0.2, 0.25) is 0 Å². The van der Waals surface area contributed by atoms with Gasteiger partial charge in [-0.3, -0.25) is 0 Å². The average Bonchev–Trinajstić information content (AvgIpc) is 2.05. The molecule has 76 valence electrons. The highest BCUT2D eigenvalue weighted by molar-refractivity contribution is 5.85. The molecule has 1 rings (SSSR count). The molecule has 0 aliphatic rings. The highest BCUT2D eigenvalue weighted by Crippen LogP contribution is 2.08. The molecule has 0 saturated carbocycles. The van der Waals surface area contributed by atoms with E-state index in [9.17, 15) is 4.39 Å². The Hall–Kier alpha value is -0.350. The molecule has 4 N–H and O–H groups in total. The molecular weight excluding hydrogens is 214 g/mol. The molecule has 1 atom stereocenters. The average molecular weight is 227 g/mol. The fourth-order valence-electron chi connectivity index (χ4n) is 0.846. The summed E-state index contributed by atoms with van der Waals surface area (Å²) in [6.45, 7) is 0.381. The third-order valence-electron chi connectivity index (χ3n) is 1.55. The molecule has 1 aromatic rings. The predicted octanol–water partition coefficient (Wildman–Crippen LogP) is 1.63. The molecular formula is C8H13Cl2FN2. The zero-order chi connectivity index (χ0) is 8.27. The number of nitrogens with two attached hydrogens (primary N) is 2. The summed E-state index contributed by atoms with van der Waals surface area (Å²) in [7, 11) is 0. The molecule has 0 heterocycles. The van der Waals surface area contributed by atoms with Crippen LogP contribution in [0.3, 0.4) is 0 Å². The maximum atomic E-state index is 12.4. The first-order valence-corrected chi connectivity index (χ1v) is 3.45. The molecule has 0 aromatic heterocycles. The molecule has 13 heavy (non-hydrogen) atoms. The summed E-state index contributed by atoms with van der Waals surface area (Å²) in [5, 5.41) is 0. The van der Waals surface area contributed by atoms with Gasteiger partial charge >= 0.3 is 0 Å². The first kappa shape index (κ1) is 15.1. The number of halogens is 3. The largest absolute Gasteiger partial charge is 0.329 e. The second kappa shape index (κ2) is 7.09. The second-order valence-corrected chi connectivity index (χ2v) is 2.39. The monoisotopic (exact) mass is 226 g/mol. The first-order chi connectivity index (χ1) is 5.24. The van der Waals surface area contributed by atoms with E-state index in [0.29, 0.717) is 6.54 Å². The summed E-state index contributed by atoms with van der Waals surface area (Å²) in [5.74, 6) is -0.252. The Balaban J connectivity index is 0. The minimum Gasteiger partial charge on any atom is -0.329 e. The molecule has 0 radical (unpaired) electrons. The number of rotatable bonds is 2. The Kier molecular flexibility index (Phi) is 8.26. The van der Waals surface area contributed by atoms with Crippen molar-refractivity contribution in [2.24, 2.45) is 11.5 Å². The zero-order valence-electron chi connectivity index (χ0n) is 6.94. The van der Waals surface area contributed by atoms with Crippen molar-refractivity contribution in [1.29, 1.82) is 0 Å². The maximum absolute atomic E-state index is 12.4. The van der Waals surface area contributed by atoms with Gasteiger partial charge in [0, 0.05) is 12.6 Å². The lowest BCUT2D eigenvalue weighted by Gasteiger charge is -2.07. The fourth-order valence-corrected chi connectivity index (χ4v) is 0.846. The SMILES string of the molecule is Cl.Cl.NCC(N)c1ccc(F)cc1. The Morgan fingerprint density at radius 1 is 1.15 bits per heavy atom. The van der Waals surface area contributed by atoms with Gasteiger partial charge < -0.3 is 11.5 Å². The van der Waals surface area contributed by atoms with Crippen LogP contribution < -0.4 is 11.5 Å². The molecule has 0 spiro atoms. The lowest BCUT2D eigenvalue weighted by atomic mass is 10.1. The summed E-state index contributed by atoms with van der Waals surface area (Å²) >= 11 is 0. The topological polar surface area (TPSA) is 52.0 Å². The Labute approximate surface area is 89.3 Å². The molecule has 0 amide bonds. The minimum atomic E-state index is -0.252. The number of benzene rings is 1. The van der Waals surface area contributed by atoms with Crippen LogP contribution in [0.15, 0.2) is 24.3 Å². The summed E-state index contributed by atoms with van der Waals surface area (Å²) in [4.78, 5) is 0. The van der Waals surface area contributed by atoms with Crippen LogP contribution in [0.5, 0.6) is 0 Å². The summed E-state index contributed by atoms with van der Waals surface area (Å²) in [6.07, 6.45) is 0. The van der Waals surface area contributed by atoms with Crippen LogP contribution in [0.1, 0.15) is 11.6 Å². The predicted molar refractivity (Wildman–Crippen MR) is 56.9 cm³/mol. The third kappa shape index (κ3) is 4.43. The van der Waals surface area contributed by atoms with Crippen molar-refractivity contribution in [3.05, 3.63) is 35.6 Å². The van der Waals surface area contributed by atoms with Crippen molar-refractivity contribution in [3.8, 4) is 0 Å². The van der Waals surface area contributed by atoms with Crippen molar-refractivity contribution in [2.75, 3.05) is 6.54 Å². The Morgan fingerprint density at radius 3 is 2.00 bits per heavy atom. The van der Waals surface area contributed by atoms with Crippen LogP contribution in [0, 0.1) is 5.82 Å². The lowest BCUT2D eigenvalue weighted by molar-refractivity contribution is 0.625. The molecule has 0 aliphatic heterocycles. The smallest absolute Gasteiger partial charge is 0.123 e. The van der Waals surface area contributed by atoms with Gasteiger partial charge in [0.1, 0.15) is 5.82 Å². The number of hydrogen-bond donors (Lipinski definition) is 2. The fraction of sp³-hybridized carbons (Fsp3) is 0.250. The van der Waals surface area contributed by atoms with Crippen molar-refractivity contribution < 1.29 is 4.39 Å². The van der Waals surface area contributed by atoms with Gasteiger partial charge in [-0.05, 0) is 17.7 Å². The van der Waals surface area contributed by atoms with E-state index in [1.165, 1.54) is 12.1 Å². The Bertz CT molecular complexity index is 228. The Morgan fingerprint density at radius 2 is 1.62 bits per heavy atom. The van der Waals surface area contributed by atoms with Gasteiger partial charge in [0.05, 0.1) is 0 Å². The molecule has 0 fully saturated rings. The van der Waals surface area contributed by atoms with Gasteiger partial charge in [-0.2, -0.15) is 0 Å². The highest BCUT2D eigenvalue weighted by atomic mass is 35.5. The number of hydrogen-bond acceptors (Lipinski definition) is 2. The molecule has 5 heteroatoms. The highest BCUT2D eigenvalue weighted by Gasteiger charge is 2.01. The first-order valence-electron chi connectivity index (χ1n) is 3.45. The summed E-state index contributed by atoms with van der Waals surface area (Å²) in [5.41, 5.74) is 11.8. The van der Waals surface area contributed by atoms with E-state index in [1.54, 1.807) is 12.1 Å². The molecule has 1 unspecified atom stereocenters. The van der Waals surface area contributed by atoms with Crippen molar-refractivity contribution in [2.45, 2.75) is 6.04 Å². The van der Waals surface area contributed by atoms with E-state index in [1.807, 2.05) is 0 Å². The van der Waals surface area contributed by atoms with E-state index in [4.69, 9.17) is 11.5 Å². The van der Waals surface area contributed by atoms with Gasteiger partial charge in [-0.1, -0.05) is 12.1 Å². The normalized spacial score (nSPS) is 11.0. The van der Waals surface area contributed by atoms with Gasteiger partial charge in [0.15, 0.2) is 0 Å². The maximum Gasteiger partial charge on any atom is 0.123 e. The molecule has 0 aliphatic carbocycles. The van der Waals surface area contributed by atoms with Crippen molar-refractivity contribution in [1.82, 2.24) is 0 Å². The van der Waals surface area contributed by atoms with Crippen LogP contribution >= 0.6 is 24.8 Å². The van der Waals surface area contributed by atoms with Crippen LogP contribution in [0.4, 0.5) is 4.39 Å². The van der Waals surface area contributed by atoms with Gasteiger partial charge in [-0.25, -0.2) is 4.39 Å².